The summed E-state index contributed by atoms with van der Waals surface area (Å²) in [5.41, 5.74) is 0.942. The number of hydrogen-bond donors (Lipinski definition) is 2. The maximum atomic E-state index is 6.08. The van der Waals surface area contributed by atoms with Crippen molar-refractivity contribution in [2.24, 2.45) is 4.99 Å². The van der Waals surface area contributed by atoms with E-state index in [2.05, 4.69) is 22.2 Å². The lowest BCUT2D eigenvalue weighted by Crippen LogP contribution is -2.37. The topological polar surface area (TPSA) is 36.4 Å². The van der Waals surface area contributed by atoms with E-state index >= 15 is 0 Å². The van der Waals surface area contributed by atoms with E-state index in [0.29, 0.717) is 23.1 Å². The van der Waals surface area contributed by atoms with Crippen molar-refractivity contribution in [3.05, 3.63) is 46.5 Å². The molecule has 0 bridgehead atoms. The minimum atomic E-state index is 0.502. The number of hydrogen-bond acceptors (Lipinski definition) is 1. The van der Waals surface area contributed by atoms with E-state index in [-0.39, 0.29) is 0 Å². The highest BCUT2D eigenvalue weighted by Gasteiger charge is 2.01. The van der Waals surface area contributed by atoms with E-state index in [1.54, 1.807) is 12.1 Å². The van der Waals surface area contributed by atoms with Gasteiger partial charge in [-0.3, -0.25) is 0 Å². The Morgan fingerprint density at radius 2 is 2.17 bits per heavy atom. The molecular weight excluding hydrogens is 269 g/mol. The first kappa shape index (κ1) is 14.9. The second kappa shape index (κ2) is 8.01. The van der Waals surface area contributed by atoms with Gasteiger partial charge in [0.2, 0.25) is 0 Å². The van der Waals surface area contributed by atoms with Crippen LogP contribution in [0.3, 0.4) is 0 Å². The Kier molecular flexibility index (Phi) is 6.61. The molecule has 0 aliphatic carbocycles. The van der Waals surface area contributed by atoms with Gasteiger partial charge >= 0.3 is 0 Å². The van der Waals surface area contributed by atoms with Gasteiger partial charge in [0.25, 0.3) is 0 Å². The molecule has 5 heteroatoms. The van der Waals surface area contributed by atoms with Crippen LogP contribution in [0, 0.1) is 0 Å². The van der Waals surface area contributed by atoms with Gasteiger partial charge in [-0.15, -0.1) is 6.58 Å². The molecule has 2 N–H and O–H groups in total. The van der Waals surface area contributed by atoms with Gasteiger partial charge in [0.1, 0.15) is 0 Å². The van der Waals surface area contributed by atoms with Gasteiger partial charge in [0.05, 0.1) is 6.54 Å². The lowest BCUT2D eigenvalue weighted by atomic mass is 10.2. The summed E-state index contributed by atoms with van der Waals surface area (Å²) in [6.45, 7) is 7.64. The highest BCUT2D eigenvalue weighted by molar-refractivity contribution is 6.35. The van der Waals surface area contributed by atoms with Crippen molar-refractivity contribution in [2.75, 3.05) is 13.1 Å². The average Bonchev–Trinajstić information content (AvgIpc) is 2.34. The summed E-state index contributed by atoms with van der Waals surface area (Å²) >= 11 is 11.9. The van der Waals surface area contributed by atoms with Crippen LogP contribution in [0.2, 0.25) is 10.0 Å². The van der Waals surface area contributed by atoms with Crippen LogP contribution in [-0.4, -0.2) is 19.0 Å². The maximum absolute atomic E-state index is 6.08. The van der Waals surface area contributed by atoms with Crippen molar-refractivity contribution < 1.29 is 0 Å². The van der Waals surface area contributed by atoms with Crippen molar-refractivity contribution in [2.45, 2.75) is 13.5 Å². The van der Waals surface area contributed by atoms with Gasteiger partial charge in [0, 0.05) is 23.1 Å². The number of aliphatic imine (C=N–C) groups is 1. The fourth-order valence-electron chi connectivity index (χ4n) is 1.32. The SMILES string of the molecule is C=CCNC(=NCc1ccc(Cl)cc1Cl)NCC. The summed E-state index contributed by atoms with van der Waals surface area (Å²) in [4.78, 5) is 4.43. The third-order valence-corrected chi connectivity index (χ3v) is 2.77. The predicted octanol–water partition coefficient (Wildman–Crippen LogP) is 3.23. The smallest absolute Gasteiger partial charge is 0.191 e. The van der Waals surface area contributed by atoms with Gasteiger partial charge in [-0.05, 0) is 24.6 Å². The highest BCUT2D eigenvalue weighted by atomic mass is 35.5. The number of nitrogens with zero attached hydrogens (tertiary/aromatic N) is 1. The van der Waals surface area contributed by atoms with Crippen LogP contribution in [0.4, 0.5) is 0 Å². The summed E-state index contributed by atoms with van der Waals surface area (Å²) in [6, 6.07) is 5.41. The summed E-state index contributed by atoms with van der Waals surface area (Å²) in [5, 5.41) is 7.52. The molecule has 0 saturated carbocycles. The number of nitrogens with one attached hydrogen (secondary N) is 2. The van der Waals surface area contributed by atoms with E-state index < -0.39 is 0 Å². The van der Waals surface area contributed by atoms with E-state index in [1.165, 1.54) is 0 Å². The molecule has 0 spiro atoms. The number of rotatable bonds is 5. The molecule has 0 aliphatic rings. The normalized spacial score (nSPS) is 11.2. The Morgan fingerprint density at radius 1 is 1.39 bits per heavy atom. The lowest BCUT2D eigenvalue weighted by Gasteiger charge is -2.09. The zero-order chi connectivity index (χ0) is 13.4. The second-order valence-electron chi connectivity index (χ2n) is 3.60. The molecule has 1 aromatic rings. The van der Waals surface area contributed by atoms with Crippen LogP contribution in [0.25, 0.3) is 0 Å². The molecule has 1 aromatic carbocycles. The van der Waals surface area contributed by atoms with Crippen molar-refractivity contribution in [3.63, 3.8) is 0 Å². The number of benzene rings is 1. The molecule has 98 valence electrons. The fraction of sp³-hybridized carbons (Fsp3) is 0.308. The van der Waals surface area contributed by atoms with Gasteiger partial charge in [-0.25, -0.2) is 4.99 Å². The van der Waals surface area contributed by atoms with E-state index in [9.17, 15) is 0 Å². The Labute approximate surface area is 118 Å². The molecule has 0 unspecified atom stereocenters. The molecule has 3 nitrogen and oxygen atoms in total. The summed E-state index contributed by atoms with van der Waals surface area (Å²) in [5.74, 6) is 0.739. The van der Waals surface area contributed by atoms with Crippen LogP contribution in [-0.2, 0) is 6.54 Å². The van der Waals surface area contributed by atoms with Crippen LogP contribution in [0.1, 0.15) is 12.5 Å². The molecule has 0 aromatic heterocycles. The molecule has 0 atom stereocenters. The Bertz CT molecular complexity index is 430. The predicted molar refractivity (Wildman–Crippen MR) is 79.5 cm³/mol. The van der Waals surface area contributed by atoms with Crippen molar-refractivity contribution in [1.29, 1.82) is 0 Å². The summed E-state index contributed by atoms with van der Waals surface area (Å²) < 4.78 is 0. The first-order chi connectivity index (χ1) is 8.67. The molecule has 0 radical (unpaired) electrons. The van der Waals surface area contributed by atoms with Gasteiger partial charge in [-0.1, -0.05) is 35.3 Å². The van der Waals surface area contributed by atoms with Gasteiger partial charge < -0.3 is 10.6 Å². The first-order valence-corrected chi connectivity index (χ1v) is 6.50. The van der Waals surface area contributed by atoms with Crippen LogP contribution >= 0.6 is 23.2 Å². The Balaban J connectivity index is 2.71. The monoisotopic (exact) mass is 285 g/mol. The zero-order valence-electron chi connectivity index (χ0n) is 10.3. The first-order valence-electron chi connectivity index (χ1n) is 5.74. The molecule has 0 fully saturated rings. The second-order valence-corrected chi connectivity index (χ2v) is 4.44. The van der Waals surface area contributed by atoms with Crippen LogP contribution < -0.4 is 10.6 Å². The fourth-order valence-corrected chi connectivity index (χ4v) is 1.79. The average molecular weight is 286 g/mol. The molecule has 0 heterocycles. The Morgan fingerprint density at radius 3 is 2.78 bits per heavy atom. The minimum Gasteiger partial charge on any atom is -0.357 e. The largest absolute Gasteiger partial charge is 0.357 e. The molecular formula is C13H17Cl2N3. The molecule has 18 heavy (non-hydrogen) atoms. The minimum absolute atomic E-state index is 0.502. The molecule has 0 aliphatic heterocycles. The lowest BCUT2D eigenvalue weighted by molar-refractivity contribution is 0.860. The molecule has 1 rings (SSSR count). The third-order valence-electron chi connectivity index (χ3n) is 2.18. The van der Waals surface area contributed by atoms with Crippen molar-refractivity contribution >= 4 is 29.2 Å². The van der Waals surface area contributed by atoms with Gasteiger partial charge in [-0.2, -0.15) is 0 Å². The van der Waals surface area contributed by atoms with Crippen LogP contribution in [0.5, 0.6) is 0 Å². The van der Waals surface area contributed by atoms with Crippen molar-refractivity contribution in [3.8, 4) is 0 Å². The maximum Gasteiger partial charge on any atom is 0.191 e. The van der Waals surface area contributed by atoms with Gasteiger partial charge in [0.15, 0.2) is 5.96 Å². The quantitative estimate of drug-likeness (QED) is 0.495. The Hall–Kier alpha value is -1.19. The standard InChI is InChI=1S/C13H17Cl2N3/c1-3-7-17-13(16-4-2)18-9-10-5-6-11(14)8-12(10)15/h3,5-6,8H,1,4,7,9H2,2H3,(H2,16,17,18). The summed E-state index contributed by atoms with van der Waals surface area (Å²) in [6.07, 6.45) is 1.78. The molecule has 0 amide bonds. The van der Waals surface area contributed by atoms with E-state index in [1.807, 2.05) is 19.1 Å². The molecule has 0 saturated heterocycles. The zero-order valence-corrected chi connectivity index (χ0v) is 11.9. The summed E-state index contributed by atoms with van der Waals surface area (Å²) in [7, 11) is 0. The number of halogens is 2. The van der Waals surface area contributed by atoms with Crippen LogP contribution in [0.15, 0.2) is 35.8 Å². The van der Waals surface area contributed by atoms with E-state index in [0.717, 1.165) is 18.1 Å². The number of guanidine groups is 1. The highest BCUT2D eigenvalue weighted by Crippen LogP contribution is 2.21. The van der Waals surface area contributed by atoms with E-state index in [4.69, 9.17) is 23.2 Å². The van der Waals surface area contributed by atoms with Crippen molar-refractivity contribution in [1.82, 2.24) is 10.6 Å². The third kappa shape index (κ3) is 4.98.